The number of nitriles is 1. The number of nitrogens with one attached hydrogen (secondary N) is 1. The number of hydrogen-bond acceptors (Lipinski definition) is 5. The Balaban J connectivity index is 2.30. The van der Waals surface area contributed by atoms with Gasteiger partial charge in [0.05, 0.1) is 10.5 Å². The molecule has 20 heavy (non-hydrogen) atoms. The lowest BCUT2D eigenvalue weighted by molar-refractivity contribution is 0.602. The van der Waals surface area contributed by atoms with Gasteiger partial charge < -0.3 is 5.32 Å². The van der Waals surface area contributed by atoms with Gasteiger partial charge in [0.2, 0.25) is 0 Å². The van der Waals surface area contributed by atoms with Gasteiger partial charge in [-0.25, -0.2) is 13.4 Å². The molecule has 1 aromatic heterocycles. The van der Waals surface area contributed by atoms with E-state index in [2.05, 4.69) is 10.3 Å². The fourth-order valence-corrected chi connectivity index (χ4v) is 2.37. The molecule has 0 aliphatic rings. The van der Waals surface area contributed by atoms with Crippen LogP contribution in [-0.4, -0.2) is 19.7 Å². The standard InChI is InChI=1S/C13H10ClN3O2S/c1-20(18,19)11-4-2-10(3-5-11)17-13-12(14)9(8-15)6-7-16-13/h2-7H,1H3,(H,16,17). The molecule has 0 unspecified atom stereocenters. The average molecular weight is 308 g/mol. The molecule has 1 aromatic carbocycles. The lowest BCUT2D eigenvalue weighted by Gasteiger charge is -2.08. The molecule has 1 heterocycles. The van der Waals surface area contributed by atoms with Crippen molar-refractivity contribution in [3.8, 4) is 6.07 Å². The number of pyridine rings is 1. The van der Waals surface area contributed by atoms with E-state index >= 15 is 0 Å². The first kappa shape index (κ1) is 14.3. The van der Waals surface area contributed by atoms with Crippen molar-refractivity contribution >= 4 is 32.9 Å². The van der Waals surface area contributed by atoms with E-state index in [4.69, 9.17) is 16.9 Å². The summed E-state index contributed by atoms with van der Waals surface area (Å²) >= 11 is 6.02. The largest absolute Gasteiger partial charge is 0.339 e. The molecular weight excluding hydrogens is 298 g/mol. The third-order valence-corrected chi connectivity index (χ3v) is 4.07. The lowest BCUT2D eigenvalue weighted by atomic mass is 10.2. The molecule has 0 aliphatic carbocycles. The Kier molecular flexibility index (Phi) is 3.93. The monoisotopic (exact) mass is 307 g/mol. The Morgan fingerprint density at radius 1 is 1.25 bits per heavy atom. The molecule has 0 fully saturated rings. The van der Waals surface area contributed by atoms with Crippen molar-refractivity contribution in [3.63, 3.8) is 0 Å². The van der Waals surface area contributed by atoms with Crippen molar-refractivity contribution in [2.75, 3.05) is 11.6 Å². The molecule has 2 rings (SSSR count). The maximum atomic E-state index is 11.4. The molecule has 2 aromatic rings. The molecule has 0 spiro atoms. The molecule has 0 bridgehead atoms. The van der Waals surface area contributed by atoms with Crippen LogP contribution in [0.5, 0.6) is 0 Å². The highest BCUT2D eigenvalue weighted by atomic mass is 35.5. The molecule has 0 amide bonds. The first-order valence-corrected chi connectivity index (χ1v) is 7.80. The Labute approximate surface area is 121 Å². The van der Waals surface area contributed by atoms with Crippen LogP contribution in [0, 0.1) is 11.3 Å². The Hall–Kier alpha value is -2.10. The summed E-state index contributed by atoms with van der Waals surface area (Å²) in [7, 11) is -3.22. The van der Waals surface area contributed by atoms with Gasteiger partial charge in [0.1, 0.15) is 11.1 Å². The Morgan fingerprint density at radius 2 is 1.90 bits per heavy atom. The first-order valence-electron chi connectivity index (χ1n) is 5.53. The fourth-order valence-electron chi connectivity index (χ4n) is 1.54. The van der Waals surface area contributed by atoms with E-state index in [1.807, 2.05) is 6.07 Å². The molecule has 0 saturated heterocycles. The van der Waals surface area contributed by atoms with Crippen molar-refractivity contribution < 1.29 is 8.42 Å². The van der Waals surface area contributed by atoms with Crippen molar-refractivity contribution in [3.05, 3.63) is 47.1 Å². The number of halogens is 1. The maximum absolute atomic E-state index is 11.4. The summed E-state index contributed by atoms with van der Waals surface area (Å²) in [5.74, 6) is 0.345. The van der Waals surface area contributed by atoms with Gasteiger partial charge in [-0.1, -0.05) is 11.6 Å². The summed E-state index contributed by atoms with van der Waals surface area (Å²) in [5.41, 5.74) is 0.943. The second kappa shape index (κ2) is 5.49. The molecule has 7 heteroatoms. The topological polar surface area (TPSA) is 82.8 Å². The predicted octanol–water partition coefficient (Wildman–Crippen LogP) is 2.75. The fraction of sp³-hybridized carbons (Fsp3) is 0.0769. The van der Waals surface area contributed by atoms with Crippen molar-refractivity contribution in [1.82, 2.24) is 4.98 Å². The van der Waals surface area contributed by atoms with E-state index in [9.17, 15) is 8.42 Å². The van der Waals surface area contributed by atoms with Crippen LogP contribution in [0.1, 0.15) is 5.56 Å². The summed E-state index contributed by atoms with van der Waals surface area (Å²) in [6.07, 6.45) is 2.61. The van der Waals surface area contributed by atoms with Crippen molar-refractivity contribution in [2.45, 2.75) is 4.90 Å². The minimum atomic E-state index is -3.22. The lowest BCUT2D eigenvalue weighted by Crippen LogP contribution is -1.99. The van der Waals surface area contributed by atoms with E-state index in [1.54, 1.807) is 12.1 Å². The zero-order chi connectivity index (χ0) is 14.8. The van der Waals surface area contributed by atoms with Gasteiger partial charge in [-0.3, -0.25) is 0 Å². The van der Waals surface area contributed by atoms with E-state index < -0.39 is 9.84 Å². The minimum absolute atomic E-state index is 0.224. The van der Waals surface area contributed by atoms with Crippen LogP contribution in [0.15, 0.2) is 41.4 Å². The zero-order valence-electron chi connectivity index (χ0n) is 10.5. The van der Waals surface area contributed by atoms with Crippen LogP contribution in [0.25, 0.3) is 0 Å². The number of nitrogens with zero attached hydrogens (tertiary/aromatic N) is 2. The van der Waals surface area contributed by atoms with Crippen molar-refractivity contribution in [1.29, 1.82) is 5.26 Å². The van der Waals surface area contributed by atoms with Crippen LogP contribution >= 0.6 is 11.6 Å². The molecule has 0 aliphatic heterocycles. The van der Waals surface area contributed by atoms with Gasteiger partial charge in [-0.2, -0.15) is 5.26 Å². The van der Waals surface area contributed by atoms with Crippen molar-refractivity contribution in [2.24, 2.45) is 0 Å². The molecule has 102 valence electrons. The third kappa shape index (κ3) is 3.07. The molecular formula is C13H10ClN3O2S. The van der Waals surface area contributed by atoms with E-state index in [0.717, 1.165) is 6.26 Å². The maximum Gasteiger partial charge on any atom is 0.175 e. The summed E-state index contributed by atoms with van der Waals surface area (Å²) in [6.45, 7) is 0. The Bertz CT molecular complexity index is 780. The van der Waals surface area contributed by atoms with Gasteiger partial charge in [0.15, 0.2) is 15.7 Å². The zero-order valence-corrected chi connectivity index (χ0v) is 12.0. The van der Waals surface area contributed by atoms with E-state index in [0.29, 0.717) is 17.1 Å². The van der Waals surface area contributed by atoms with Crippen LogP contribution in [0.4, 0.5) is 11.5 Å². The summed E-state index contributed by atoms with van der Waals surface area (Å²) in [5, 5.41) is 12.0. The highest BCUT2D eigenvalue weighted by Crippen LogP contribution is 2.26. The van der Waals surface area contributed by atoms with Gasteiger partial charge in [-0.15, -0.1) is 0 Å². The highest BCUT2D eigenvalue weighted by Gasteiger charge is 2.09. The number of anilines is 2. The number of rotatable bonds is 3. The second-order valence-corrected chi connectivity index (χ2v) is 6.45. The molecule has 0 radical (unpaired) electrons. The van der Waals surface area contributed by atoms with E-state index in [-0.39, 0.29) is 9.92 Å². The van der Waals surface area contributed by atoms with E-state index in [1.165, 1.54) is 24.4 Å². The predicted molar refractivity (Wildman–Crippen MR) is 76.8 cm³/mol. The van der Waals surface area contributed by atoms with Crippen LogP contribution < -0.4 is 5.32 Å². The average Bonchev–Trinajstić information content (AvgIpc) is 2.41. The molecule has 0 atom stereocenters. The van der Waals surface area contributed by atoms with Gasteiger partial charge in [0, 0.05) is 18.1 Å². The van der Waals surface area contributed by atoms with Crippen LogP contribution in [0.3, 0.4) is 0 Å². The summed E-state index contributed by atoms with van der Waals surface area (Å²) in [4.78, 5) is 4.27. The minimum Gasteiger partial charge on any atom is -0.339 e. The Morgan fingerprint density at radius 3 is 2.45 bits per heavy atom. The molecule has 1 N–H and O–H groups in total. The smallest absolute Gasteiger partial charge is 0.175 e. The van der Waals surface area contributed by atoms with Gasteiger partial charge >= 0.3 is 0 Å². The summed E-state index contributed by atoms with van der Waals surface area (Å²) < 4.78 is 22.7. The van der Waals surface area contributed by atoms with Crippen LogP contribution in [-0.2, 0) is 9.84 Å². The number of benzene rings is 1. The SMILES string of the molecule is CS(=O)(=O)c1ccc(Nc2nccc(C#N)c2Cl)cc1. The quantitative estimate of drug-likeness (QED) is 0.942. The molecule has 0 saturated carbocycles. The second-order valence-electron chi connectivity index (χ2n) is 4.05. The highest BCUT2D eigenvalue weighted by molar-refractivity contribution is 7.90. The van der Waals surface area contributed by atoms with Gasteiger partial charge in [-0.05, 0) is 30.3 Å². The first-order chi connectivity index (χ1) is 9.41. The number of aromatic nitrogens is 1. The van der Waals surface area contributed by atoms with Gasteiger partial charge in [0.25, 0.3) is 0 Å². The number of hydrogen-bond donors (Lipinski definition) is 1. The third-order valence-electron chi connectivity index (χ3n) is 2.55. The normalized spacial score (nSPS) is 10.8. The van der Waals surface area contributed by atoms with Crippen LogP contribution in [0.2, 0.25) is 5.02 Å². The molecule has 5 nitrogen and oxygen atoms in total. The number of sulfone groups is 1. The summed E-state index contributed by atoms with van der Waals surface area (Å²) in [6, 6.07) is 9.65.